The SMILES string of the molecule is CCNc1cc(NCc2ccc(Cl)cc2)cc([N+](=O)[O-])c1. The van der Waals surface area contributed by atoms with Gasteiger partial charge in [-0.05, 0) is 30.7 Å². The third kappa shape index (κ3) is 4.36. The van der Waals surface area contributed by atoms with Crippen LogP contribution in [0.2, 0.25) is 5.02 Å². The van der Waals surface area contributed by atoms with Crippen LogP contribution in [0.1, 0.15) is 12.5 Å². The summed E-state index contributed by atoms with van der Waals surface area (Å²) in [5.74, 6) is 0. The van der Waals surface area contributed by atoms with Crippen LogP contribution >= 0.6 is 11.6 Å². The van der Waals surface area contributed by atoms with Gasteiger partial charge >= 0.3 is 0 Å². The van der Waals surface area contributed by atoms with Crippen molar-refractivity contribution in [3.05, 3.63) is 63.2 Å². The highest BCUT2D eigenvalue weighted by Gasteiger charge is 2.09. The standard InChI is InChI=1S/C15H16ClN3O2/c1-2-17-13-7-14(9-15(8-13)19(20)21)18-10-11-3-5-12(16)6-4-11/h3-9,17-18H,2,10H2,1H3. The van der Waals surface area contributed by atoms with Gasteiger partial charge in [0.2, 0.25) is 0 Å². The summed E-state index contributed by atoms with van der Waals surface area (Å²) in [4.78, 5) is 10.6. The van der Waals surface area contributed by atoms with E-state index >= 15 is 0 Å². The van der Waals surface area contributed by atoms with Gasteiger partial charge in [0, 0.05) is 41.6 Å². The Morgan fingerprint density at radius 2 is 1.71 bits per heavy atom. The topological polar surface area (TPSA) is 67.2 Å². The van der Waals surface area contributed by atoms with Crippen LogP contribution in [0.25, 0.3) is 0 Å². The number of nitro benzene ring substituents is 1. The first-order chi connectivity index (χ1) is 10.1. The molecule has 0 aromatic heterocycles. The predicted octanol–water partition coefficient (Wildman–Crippen LogP) is 4.29. The van der Waals surface area contributed by atoms with E-state index in [4.69, 9.17) is 11.6 Å². The molecule has 2 aromatic carbocycles. The number of non-ortho nitro benzene ring substituents is 1. The lowest BCUT2D eigenvalue weighted by molar-refractivity contribution is -0.384. The van der Waals surface area contributed by atoms with Crippen LogP contribution in [0.15, 0.2) is 42.5 Å². The fraction of sp³-hybridized carbons (Fsp3) is 0.200. The van der Waals surface area contributed by atoms with Crippen LogP contribution in [0, 0.1) is 10.1 Å². The van der Waals surface area contributed by atoms with Gasteiger partial charge in [0.25, 0.3) is 5.69 Å². The van der Waals surface area contributed by atoms with E-state index in [1.54, 1.807) is 0 Å². The van der Waals surface area contributed by atoms with Gasteiger partial charge < -0.3 is 10.6 Å². The number of halogens is 1. The van der Waals surface area contributed by atoms with Crippen LogP contribution in [0.5, 0.6) is 0 Å². The molecule has 0 heterocycles. The third-order valence-electron chi connectivity index (χ3n) is 2.92. The van der Waals surface area contributed by atoms with Crippen molar-refractivity contribution in [1.82, 2.24) is 0 Å². The zero-order chi connectivity index (χ0) is 15.2. The van der Waals surface area contributed by atoms with Crippen molar-refractivity contribution in [1.29, 1.82) is 0 Å². The van der Waals surface area contributed by atoms with Crippen LogP contribution in [0.4, 0.5) is 17.1 Å². The fourth-order valence-corrected chi connectivity index (χ4v) is 2.06. The van der Waals surface area contributed by atoms with E-state index in [1.807, 2.05) is 37.3 Å². The van der Waals surface area contributed by atoms with Gasteiger partial charge in [0.1, 0.15) is 0 Å². The molecule has 0 aliphatic rings. The van der Waals surface area contributed by atoms with E-state index < -0.39 is 4.92 Å². The first kappa shape index (κ1) is 15.1. The first-order valence-electron chi connectivity index (χ1n) is 6.60. The number of hydrogen-bond acceptors (Lipinski definition) is 4. The summed E-state index contributed by atoms with van der Waals surface area (Å²) < 4.78 is 0. The van der Waals surface area contributed by atoms with Crippen molar-refractivity contribution in [2.45, 2.75) is 13.5 Å². The highest BCUT2D eigenvalue weighted by molar-refractivity contribution is 6.30. The molecule has 110 valence electrons. The minimum Gasteiger partial charge on any atom is -0.385 e. The molecule has 0 fully saturated rings. The van der Waals surface area contributed by atoms with E-state index in [-0.39, 0.29) is 5.69 Å². The Balaban J connectivity index is 2.14. The molecule has 2 aromatic rings. The minimum absolute atomic E-state index is 0.0621. The lowest BCUT2D eigenvalue weighted by Gasteiger charge is -2.10. The number of nitrogens with zero attached hydrogens (tertiary/aromatic N) is 1. The van der Waals surface area contributed by atoms with Gasteiger partial charge in [-0.1, -0.05) is 23.7 Å². The quantitative estimate of drug-likeness (QED) is 0.617. The Morgan fingerprint density at radius 3 is 2.29 bits per heavy atom. The minimum atomic E-state index is -0.395. The van der Waals surface area contributed by atoms with Crippen LogP contribution in [-0.4, -0.2) is 11.5 Å². The molecule has 21 heavy (non-hydrogen) atoms. The molecular weight excluding hydrogens is 290 g/mol. The summed E-state index contributed by atoms with van der Waals surface area (Å²) in [5, 5.41) is 17.9. The molecule has 0 atom stereocenters. The third-order valence-corrected chi connectivity index (χ3v) is 3.17. The number of anilines is 2. The Kier molecular flexibility index (Phi) is 5.00. The van der Waals surface area contributed by atoms with Crippen molar-refractivity contribution in [3.63, 3.8) is 0 Å². The lowest BCUT2D eigenvalue weighted by atomic mass is 10.2. The van der Waals surface area contributed by atoms with E-state index in [1.165, 1.54) is 12.1 Å². The molecule has 0 unspecified atom stereocenters. The summed E-state index contributed by atoms with van der Waals surface area (Å²) in [6.07, 6.45) is 0. The molecule has 0 bridgehead atoms. The van der Waals surface area contributed by atoms with E-state index in [9.17, 15) is 10.1 Å². The van der Waals surface area contributed by atoms with E-state index in [2.05, 4.69) is 10.6 Å². The van der Waals surface area contributed by atoms with Crippen molar-refractivity contribution in [3.8, 4) is 0 Å². The second-order valence-electron chi connectivity index (χ2n) is 4.54. The molecule has 0 spiro atoms. The number of benzene rings is 2. The number of nitro groups is 1. The average Bonchev–Trinajstić information content (AvgIpc) is 2.47. The second kappa shape index (κ2) is 6.95. The molecule has 0 aliphatic heterocycles. The van der Waals surface area contributed by atoms with Crippen LogP contribution in [0.3, 0.4) is 0 Å². The normalized spacial score (nSPS) is 10.2. The first-order valence-corrected chi connectivity index (χ1v) is 6.98. The highest BCUT2D eigenvalue weighted by Crippen LogP contribution is 2.24. The molecule has 0 saturated heterocycles. The molecule has 2 N–H and O–H groups in total. The Morgan fingerprint density at radius 1 is 1.10 bits per heavy atom. The zero-order valence-electron chi connectivity index (χ0n) is 11.6. The molecule has 0 amide bonds. The van der Waals surface area contributed by atoms with Gasteiger partial charge in [-0.2, -0.15) is 0 Å². The average molecular weight is 306 g/mol. The summed E-state index contributed by atoms with van der Waals surface area (Å²) in [6, 6.07) is 12.4. The number of nitrogens with one attached hydrogen (secondary N) is 2. The van der Waals surface area contributed by atoms with Crippen molar-refractivity contribution >= 4 is 28.7 Å². The Labute approximate surface area is 128 Å². The van der Waals surface area contributed by atoms with Gasteiger partial charge in [-0.25, -0.2) is 0 Å². The molecule has 0 saturated carbocycles. The second-order valence-corrected chi connectivity index (χ2v) is 4.97. The van der Waals surface area contributed by atoms with Gasteiger partial charge in [0.15, 0.2) is 0 Å². The summed E-state index contributed by atoms with van der Waals surface area (Å²) in [7, 11) is 0. The molecule has 5 nitrogen and oxygen atoms in total. The molecular formula is C15H16ClN3O2. The van der Waals surface area contributed by atoms with Crippen molar-refractivity contribution in [2.75, 3.05) is 17.2 Å². The predicted molar refractivity (Wildman–Crippen MR) is 86.0 cm³/mol. The molecule has 0 radical (unpaired) electrons. The summed E-state index contributed by atoms with van der Waals surface area (Å²) in [6.45, 7) is 3.22. The molecule has 6 heteroatoms. The van der Waals surface area contributed by atoms with Gasteiger partial charge in [-0.15, -0.1) is 0 Å². The molecule has 0 aliphatic carbocycles. The maximum absolute atomic E-state index is 11.0. The van der Waals surface area contributed by atoms with E-state index in [0.717, 1.165) is 11.3 Å². The number of rotatable bonds is 6. The summed E-state index contributed by atoms with van der Waals surface area (Å²) in [5.41, 5.74) is 2.54. The molecule has 2 rings (SSSR count). The van der Waals surface area contributed by atoms with E-state index in [0.29, 0.717) is 23.8 Å². The maximum atomic E-state index is 11.0. The van der Waals surface area contributed by atoms with Crippen LogP contribution < -0.4 is 10.6 Å². The lowest BCUT2D eigenvalue weighted by Crippen LogP contribution is -2.03. The maximum Gasteiger partial charge on any atom is 0.273 e. The van der Waals surface area contributed by atoms with Crippen LogP contribution in [-0.2, 0) is 6.54 Å². The smallest absolute Gasteiger partial charge is 0.273 e. The Hall–Kier alpha value is -2.27. The van der Waals surface area contributed by atoms with Crippen molar-refractivity contribution in [2.24, 2.45) is 0 Å². The van der Waals surface area contributed by atoms with Crippen molar-refractivity contribution < 1.29 is 4.92 Å². The fourth-order valence-electron chi connectivity index (χ4n) is 1.93. The highest BCUT2D eigenvalue weighted by atomic mass is 35.5. The summed E-state index contributed by atoms with van der Waals surface area (Å²) >= 11 is 5.84. The zero-order valence-corrected chi connectivity index (χ0v) is 12.4. The monoisotopic (exact) mass is 305 g/mol. The largest absolute Gasteiger partial charge is 0.385 e. The van der Waals surface area contributed by atoms with Gasteiger partial charge in [-0.3, -0.25) is 10.1 Å². The Bertz CT molecular complexity index is 629. The van der Waals surface area contributed by atoms with Gasteiger partial charge in [0.05, 0.1) is 4.92 Å². The number of hydrogen-bond donors (Lipinski definition) is 2.